The smallest absolute Gasteiger partial charge is 0.374 e. The average Bonchev–Trinajstić information content (AvgIpc) is 3.26. The number of allylic oxidation sites excluding steroid dienone is 2. The number of fused-ring (bicyclic) bond motifs is 2. The monoisotopic (exact) mass is 503 g/mol. The number of furan rings is 1. The van der Waals surface area contributed by atoms with Crippen LogP contribution in [0.3, 0.4) is 0 Å². The maximum absolute atomic E-state index is 12.8. The number of hydrogen-bond donors (Lipinski definition) is 0. The van der Waals surface area contributed by atoms with E-state index in [1.807, 2.05) is 12.2 Å². The lowest BCUT2D eigenvalue weighted by molar-refractivity contribution is -0.159. The van der Waals surface area contributed by atoms with E-state index < -0.39 is 29.8 Å². The van der Waals surface area contributed by atoms with Crippen molar-refractivity contribution < 1.29 is 33.1 Å². The number of carbonyl (C=O) groups is 4. The van der Waals surface area contributed by atoms with Gasteiger partial charge >= 0.3 is 11.9 Å². The molecule has 2 aromatic rings. The van der Waals surface area contributed by atoms with Gasteiger partial charge in [0, 0.05) is 9.86 Å². The van der Waals surface area contributed by atoms with Gasteiger partial charge in [-0.05, 0) is 44.9 Å². The second-order valence-corrected chi connectivity index (χ2v) is 8.67. The van der Waals surface area contributed by atoms with E-state index in [0.717, 1.165) is 9.37 Å². The Morgan fingerprint density at radius 3 is 2.44 bits per heavy atom. The number of carbonyl (C=O) groups excluding carboxylic acids is 4. The van der Waals surface area contributed by atoms with Gasteiger partial charge in [-0.15, -0.1) is 0 Å². The highest BCUT2D eigenvalue weighted by Gasteiger charge is 2.50. The molecule has 32 heavy (non-hydrogen) atoms. The van der Waals surface area contributed by atoms with E-state index in [9.17, 15) is 19.2 Å². The highest BCUT2D eigenvalue weighted by Crippen LogP contribution is 2.36. The van der Waals surface area contributed by atoms with E-state index >= 15 is 0 Å². The molecule has 1 aromatic heterocycles. The molecule has 2 amide bonds. The Labute approximate surface area is 192 Å². The largest absolute Gasteiger partial charge is 0.460 e. The van der Waals surface area contributed by atoms with Gasteiger partial charge in [-0.3, -0.25) is 14.5 Å². The van der Waals surface area contributed by atoms with Crippen LogP contribution < -0.4 is 0 Å². The quantitative estimate of drug-likeness (QED) is 0.335. The molecule has 0 bridgehead atoms. The lowest BCUT2D eigenvalue weighted by Crippen LogP contribution is -2.44. The third-order valence-corrected chi connectivity index (χ3v) is 6.34. The van der Waals surface area contributed by atoms with Crippen molar-refractivity contribution in [1.29, 1.82) is 0 Å². The molecule has 168 valence electrons. The van der Waals surface area contributed by atoms with Crippen LogP contribution in [0.15, 0.2) is 39.2 Å². The minimum atomic E-state index is -1.07. The molecule has 1 saturated heterocycles. The van der Waals surface area contributed by atoms with Crippen molar-refractivity contribution >= 4 is 50.7 Å². The first kappa shape index (κ1) is 22.3. The summed E-state index contributed by atoms with van der Waals surface area (Å²) >= 11 is 3.38. The minimum Gasteiger partial charge on any atom is -0.460 e. The van der Waals surface area contributed by atoms with Crippen LogP contribution in [-0.2, 0) is 30.5 Å². The number of imide groups is 1. The first-order valence-corrected chi connectivity index (χ1v) is 11.2. The summed E-state index contributed by atoms with van der Waals surface area (Å²) in [5, 5.41) is 0.591. The SMILES string of the molecule is CCOC(=O)c1oc2ccc(Br)cc2c1COC(=O)[C@H](C)N1C(=O)[C@H]2CC=CC[C@H]2C1=O. The van der Waals surface area contributed by atoms with E-state index in [0.29, 0.717) is 29.4 Å². The predicted octanol–water partition coefficient (Wildman–Crippen LogP) is 3.75. The van der Waals surface area contributed by atoms with E-state index in [1.165, 1.54) is 6.92 Å². The van der Waals surface area contributed by atoms with Crippen molar-refractivity contribution in [1.82, 2.24) is 4.90 Å². The molecule has 2 aliphatic rings. The zero-order valence-corrected chi connectivity index (χ0v) is 19.2. The van der Waals surface area contributed by atoms with Crippen LogP contribution in [0.2, 0.25) is 0 Å². The lowest BCUT2D eigenvalue weighted by atomic mass is 9.85. The summed E-state index contributed by atoms with van der Waals surface area (Å²) in [5.41, 5.74) is 0.800. The van der Waals surface area contributed by atoms with Gasteiger partial charge < -0.3 is 13.9 Å². The Kier molecular flexibility index (Phi) is 6.19. The molecular weight excluding hydrogens is 482 g/mol. The first-order valence-electron chi connectivity index (χ1n) is 10.4. The summed E-state index contributed by atoms with van der Waals surface area (Å²) in [4.78, 5) is 51.7. The molecule has 1 fully saturated rings. The fraction of sp³-hybridized carbons (Fsp3) is 0.391. The Morgan fingerprint density at radius 1 is 1.16 bits per heavy atom. The molecule has 0 radical (unpaired) electrons. The van der Waals surface area contributed by atoms with Crippen LogP contribution in [0.1, 0.15) is 42.8 Å². The van der Waals surface area contributed by atoms with Crippen LogP contribution >= 0.6 is 15.9 Å². The van der Waals surface area contributed by atoms with Crippen molar-refractivity contribution in [3.05, 3.63) is 46.1 Å². The summed E-state index contributed by atoms with van der Waals surface area (Å²) in [6, 6.07) is 4.13. The van der Waals surface area contributed by atoms with Crippen LogP contribution in [0, 0.1) is 11.8 Å². The van der Waals surface area contributed by atoms with E-state index in [1.54, 1.807) is 25.1 Å². The highest BCUT2D eigenvalue weighted by molar-refractivity contribution is 9.10. The normalized spacial score (nSPS) is 21.0. The number of likely N-dealkylation sites (tertiary alicyclic amines) is 1. The summed E-state index contributed by atoms with van der Waals surface area (Å²) in [5.74, 6) is -3.00. The molecule has 0 unspecified atom stereocenters. The highest BCUT2D eigenvalue weighted by atomic mass is 79.9. The molecule has 0 saturated carbocycles. The Bertz CT molecular complexity index is 1110. The van der Waals surface area contributed by atoms with Gasteiger partial charge in [-0.1, -0.05) is 28.1 Å². The molecule has 3 atom stereocenters. The van der Waals surface area contributed by atoms with Gasteiger partial charge in [-0.2, -0.15) is 0 Å². The Balaban J connectivity index is 1.54. The fourth-order valence-corrected chi connectivity index (χ4v) is 4.56. The maximum atomic E-state index is 12.8. The van der Waals surface area contributed by atoms with Crippen molar-refractivity contribution in [2.75, 3.05) is 6.61 Å². The number of nitrogens with zero attached hydrogens (tertiary/aromatic N) is 1. The van der Waals surface area contributed by atoms with Crippen molar-refractivity contribution in [3.63, 3.8) is 0 Å². The average molecular weight is 504 g/mol. The Hall–Kier alpha value is -2.94. The third kappa shape index (κ3) is 3.85. The van der Waals surface area contributed by atoms with Gasteiger partial charge in [0.1, 0.15) is 18.2 Å². The number of hydrogen-bond acceptors (Lipinski definition) is 7. The van der Waals surface area contributed by atoms with Crippen molar-refractivity contribution in [2.45, 2.75) is 39.3 Å². The fourth-order valence-electron chi connectivity index (χ4n) is 4.20. The molecule has 8 nitrogen and oxygen atoms in total. The molecule has 1 aromatic carbocycles. The topological polar surface area (TPSA) is 103 Å². The molecule has 0 spiro atoms. The van der Waals surface area contributed by atoms with E-state index in [-0.39, 0.29) is 30.8 Å². The zero-order chi connectivity index (χ0) is 23.0. The number of ether oxygens (including phenoxy) is 2. The number of halogens is 1. The molecule has 0 N–H and O–H groups in total. The lowest BCUT2D eigenvalue weighted by Gasteiger charge is -2.21. The summed E-state index contributed by atoms with van der Waals surface area (Å²) in [7, 11) is 0. The first-order chi connectivity index (χ1) is 15.3. The predicted molar refractivity (Wildman–Crippen MR) is 116 cm³/mol. The van der Waals surface area contributed by atoms with Gasteiger partial charge in [0.25, 0.3) is 0 Å². The van der Waals surface area contributed by atoms with Gasteiger partial charge in [0.05, 0.1) is 24.0 Å². The number of esters is 2. The molecule has 1 aliphatic carbocycles. The van der Waals surface area contributed by atoms with Gasteiger partial charge in [0.2, 0.25) is 17.6 Å². The number of amides is 2. The van der Waals surface area contributed by atoms with Gasteiger partial charge in [0.15, 0.2) is 0 Å². The van der Waals surface area contributed by atoms with Gasteiger partial charge in [-0.25, -0.2) is 9.59 Å². The van der Waals surface area contributed by atoms with Crippen LogP contribution in [-0.4, -0.2) is 41.3 Å². The summed E-state index contributed by atoms with van der Waals surface area (Å²) < 4.78 is 16.9. The summed E-state index contributed by atoms with van der Waals surface area (Å²) in [6.07, 6.45) is 4.76. The molecule has 9 heteroatoms. The zero-order valence-electron chi connectivity index (χ0n) is 17.6. The molecule has 4 rings (SSSR count). The second-order valence-electron chi connectivity index (χ2n) is 7.76. The Morgan fingerprint density at radius 2 is 1.81 bits per heavy atom. The van der Waals surface area contributed by atoms with Crippen LogP contribution in [0.25, 0.3) is 11.0 Å². The second kappa shape index (κ2) is 8.90. The third-order valence-electron chi connectivity index (χ3n) is 5.84. The van der Waals surface area contributed by atoms with E-state index in [4.69, 9.17) is 13.9 Å². The minimum absolute atomic E-state index is 0.0502. The van der Waals surface area contributed by atoms with Crippen LogP contribution in [0.5, 0.6) is 0 Å². The van der Waals surface area contributed by atoms with Crippen molar-refractivity contribution in [2.24, 2.45) is 11.8 Å². The van der Waals surface area contributed by atoms with Crippen LogP contribution in [0.4, 0.5) is 0 Å². The molecular formula is C23H22BrNO7. The molecule has 1 aliphatic heterocycles. The number of rotatable bonds is 6. The van der Waals surface area contributed by atoms with E-state index in [2.05, 4.69) is 15.9 Å². The summed E-state index contributed by atoms with van der Waals surface area (Å²) in [6.45, 7) is 3.03. The maximum Gasteiger partial charge on any atom is 0.374 e. The molecule has 2 heterocycles. The van der Waals surface area contributed by atoms with Crippen molar-refractivity contribution in [3.8, 4) is 0 Å². The number of benzene rings is 1. The standard InChI is InChI=1S/C23H22BrNO7/c1-3-30-23(29)19-17(16-10-13(24)8-9-18(16)32-19)11-31-22(28)12(2)25-20(26)14-6-4-5-7-15(14)21(25)27/h4-5,8-10,12,14-15H,3,6-7,11H2,1-2H3/t12-,14-,15+/m0/s1.